The zero-order valence-corrected chi connectivity index (χ0v) is 30.2. The third-order valence-electron chi connectivity index (χ3n) is 6.66. The predicted molar refractivity (Wildman–Crippen MR) is 173 cm³/mol. The van der Waals surface area contributed by atoms with Gasteiger partial charge in [0, 0.05) is 24.7 Å². The van der Waals surface area contributed by atoms with E-state index in [4.69, 9.17) is 18.1 Å². The summed E-state index contributed by atoms with van der Waals surface area (Å²) >= 11 is 0. The fraction of sp³-hybridized carbons (Fsp3) is 0.867. The monoisotopic (exact) mass is 599 g/mol. The summed E-state index contributed by atoms with van der Waals surface area (Å²) in [4.78, 5) is 17.4. The minimum absolute atomic E-state index is 0.0370. The highest BCUT2D eigenvalue weighted by Crippen LogP contribution is 2.39. The Morgan fingerprint density at radius 3 is 2.15 bits per heavy atom. The SMILES string of the molecule is CCCCCC(/C=C/C1C(O[Si](C)(C)C)C/C(=N\OC)C1CCCCCCC(=O)O[Si](C)(C)C)O[Si](C)(C)C. The van der Waals surface area contributed by atoms with Gasteiger partial charge in [0.1, 0.15) is 7.11 Å². The van der Waals surface area contributed by atoms with Crippen molar-refractivity contribution in [2.24, 2.45) is 17.0 Å². The van der Waals surface area contributed by atoms with E-state index in [0.717, 1.165) is 50.7 Å². The zero-order chi connectivity index (χ0) is 29.7. The van der Waals surface area contributed by atoms with Crippen molar-refractivity contribution in [3.8, 4) is 0 Å². The number of unbranched alkanes of at least 4 members (excludes halogenated alkanes) is 5. The second-order valence-corrected chi connectivity index (χ2v) is 27.5. The highest BCUT2D eigenvalue weighted by atomic mass is 28.4. The fourth-order valence-corrected chi connectivity index (χ4v) is 8.30. The summed E-state index contributed by atoms with van der Waals surface area (Å²) in [7, 11) is -3.55. The summed E-state index contributed by atoms with van der Waals surface area (Å²) in [5.74, 6) is 0.545. The number of rotatable bonds is 19. The Balaban J connectivity index is 2.95. The lowest BCUT2D eigenvalue weighted by atomic mass is 9.88. The summed E-state index contributed by atoms with van der Waals surface area (Å²) in [6.45, 7) is 22.0. The van der Waals surface area contributed by atoms with Crippen molar-refractivity contribution in [3.05, 3.63) is 12.2 Å². The van der Waals surface area contributed by atoms with E-state index in [1.54, 1.807) is 7.11 Å². The van der Waals surface area contributed by atoms with Crippen LogP contribution in [-0.4, -0.2) is 56.0 Å². The van der Waals surface area contributed by atoms with Crippen LogP contribution < -0.4 is 0 Å². The summed E-state index contributed by atoms with van der Waals surface area (Å²) in [6.07, 6.45) is 16.3. The molecule has 0 amide bonds. The molecule has 0 saturated heterocycles. The summed E-state index contributed by atoms with van der Waals surface area (Å²) in [5.41, 5.74) is 1.13. The smallest absolute Gasteiger partial charge is 0.292 e. The van der Waals surface area contributed by atoms with Crippen molar-refractivity contribution < 1.29 is 22.9 Å². The van der Waals surface area contributed by atoms with Gasteiger partial charge in [-0.25, -0.2) is 0 Å². The average molecular weight is 600 g/mol. The van der Waals surface area contributed by atoms with Gasteiger partial charge in [-0.1, -0.05) is 62.8 Å². The van der Waals surface area contributed by atoms with Crippen LogP contribution in [0.1, 0.15) is 77.6 Å². The van der Waals surface area contributed by atoms with Gasteiger partial charge in [-0.05, 0) is 78.2 Å². The van der Waals surface area contributed by atoms with Gasteiger partial charge in [0.05, 0.1) is 17.9 Å². The van der Waals surface area contributed by atoms with Crippen LogP contribution in [0.5, 0.6) is 0 Å². The molecule has 0 spiro atoms. The van der Waals surface area contributed by atoms with Gasteiger partial charge >= 0.3 is 0 Å². The van der Waals surface area contributed by atoms with E-state index in [-0.39, 0.29) is 24.1 Å². The highest BCUT2D eigenvalue weighted by molar-refractivity contribution is 6.71. The number of carbonyl (C=O) groups is 1. The molecule has 0 aliphatic heterocycles. The molecule has 228 valence electrons. The van der Waals surface area contributed by atoms with E-state index >= 15 is 0 Å². The molecule has 0 N–H and O–H groups in total. The predicted octanol–water partition coefficient (Wildman–Crippen LogP) is 8.92. The van der Waals surface area contributed by atoms with Crippen molar-refractivity contribution in [2.75, 3.05) is 7.11 Å². The summed E-state index contributed by atoms with van der Waals surface area (Å²) in [6, 6.07) is 0. The normalized spacial score (nSPS) is 22.5. The van der Waals surface area contributed by atoms with Crippen molar-refractivity contribution in [1.82, 2.24) is 0 Å². The van der Waals surface area contributed by atoms with Crippen LogP contribution in [0, 0.1) is 11.8 Å². The van der Waals surface area contributed by atoms with Gasteiger partial charge in [0.15, 0.2) is 16.6 Å². The Hall–Kier alpha value is -0.749. The molecular formula is C30H61NO5Si3. The van der Waals surface area contributed by atoms with E-state index in [0.29, 0.717) is 12.3 Å². The minimum Gasteiger partial charge on any atom is -0.520 e. The Morgan fingerprint density at radius 1 is 0.923 bits per heavy atom. The Kier molecular flexibility index (Phi) is 16.1. The maximum absolute atomic E-state index is 12.1. The first-order chi connectivity index (χ1) is 18.0. The van der Waals surface area contributed by atoms with Gasteiger partial charge < -0.3 is 18.1 Å². The lowest BCUT2D eigenvalue weighted by Crippen LogP contribution is -2.35. The molecule has 4 atom stereocenters. The number of carbonyl (C=O) groups excluding carboxylic acids is 1. The minimum atomic E-state index is -1.80. The van der Waals surface area contributed by atoms with E-state index in [1.807, 2.05) is 0 Å². The van der Waals surface area contributed by atoms with Crippen LogP contribution in [0.4, 0.5) is 0 Å². The van der Waals surface area contributed by atoms with Crippen LogP contribution in [0.25, 0.3) is 0 Å². The molecule has 6 nitrogen and oxygen atoms in total. The molecule has 1 aliphatic carbocycles. The van der Waals surface area contributed by atoms with Gasteiger partial charge in [-0.3, -0.25) is 4.79 Å². The zero-order valence-electron chi connectivity index (χ0n) is 27.2. The molecule has 9 heteroatoms. The van der Waals surface area contributed by atoms with Crippen LogP contribution in [0.3, 0.4) is 0 Å². The third kappa shape index (κ3) is 17.0. The standard InChI is InChI=1S/C30H61NO5Si3/c1-12-13-16-19-25(34-37(3,4)5)22-23-27-26(28(31-33-2)24-29(27)35-38(6,7)8)20-17-14-15-18-21-30(32)36-39(9,10)11/h22-23,25-27,29H,12-21,24H2,1-11H3/b23-22+,31-28+. The molecule has 1 saturated carbocycles. The van der Waals surface area contributed by atoms with Crippen LogP contribution in [-0.2, 0) is 22.9 Å². The van der Waals surface area contributed by atoms with Crippen LogP contribution in [0.2, 0.25) is 58.9 Å². The van der Waals surface area contributed by atoms with Gasteiger partial charge in [-0.15, -0.1) is 0 Å². The van der Waals surface area contributed by atoms with Crippen molar-refractivity contribution in [1.29, 1.82) is 0 Å². The third-order valence-corrected chi connectivity index (χ3v) is 9.52. The molecule has 0 bridgehead atoms. The molecule has 0 heterocycles. The van der Waals surface area contributed by atoms with Crippen molar-refractivity contribution in [2.45, 2.75) is 149 Å². The van der Waals surface area contributed by atoms with Gasteiger partial charge in [0.25, 0.3) is 5.97 Å². The van der Waals surface area contributed by atoms with Gasteiger partial charge in [0.2, 0.25) is 8.32 Å². The van der Waals surface area contributed by atoms with E-state index in [9.17, 15) is 4.79 Å². The second kappa shape index (κ2) is 17.3. The van der Waals surface area contributed by atoms with E-state index < -0.39 is 25.0 Å². The summed E-state index contributed by atoms with van der Waals surface area (Å²) in [5, 5.41) is 4.49. The largest absolute Gasteiger partial charge is 0.520 e. The first-order valence-corrected chi connectivity index (χ1v) is 25.6. The van der Waals surface area contributed by atoms with Crippen molar-refractivity contribution in [3.63, 3.8) is 0 Å². The number of oxime groups is 1. The van der Waals surface area contributed by atoms with E-state index in [2.05, 4.69) is 83.2 Å². The number of hydrogen-bond donors (Lipinski definition) is 0. The highest BCUT2D eigenvalue weighted by Gasteiger charge is 2.42. The second-order valence-electron chi connectivity index (χ2n) is 14.1. The lowest BCUT2D eigenvalue weighted by molar-refractivity contribution is -0.135. The first kappa shape index (κ1) is 36.3. The molecule has 39 heavy (non-hydrogen) atoms. The molecule has 4 unspecified atom stereocenters. The van der Waals surface area contributed by atoms with Gasteiger partial charge in [-0.2, -0.15) is 0 Å². The summed E-state index contributed by atoms with van der Waals surface area (Å²) < 4.78 is 18.9. The maximum Gasteiger partial charge on any atom is 0.292 e. The molecule has 0 aromatic rings. The molecule has 0 radical (unpaired) electrons. The fourth-order valence-electron chi connectivity index (χ4n) is 5.26. The molecule has 1 aliphatic rings. The topological polar surface area (TPSA) is 66.4 Å². The van der Waals surface area contributed by atoms with E-state index in [1.165, 1.54) is 19.3 Å². The molecular weight excluding hydrogens is 539 g/mol. The molecule has 0 aromatic carbocycles. The Bertz CT molecular complexity index is 768. The molecule has 1 fully saturated rings. The Labute approximate surface area is 244 Å². The number of hydrogen-bond acceptors (Lipinski definition) is 6. The maximum atomic E-state index is 12.1. The van der Waals surface area contributed by atoms with Crippen LogP contribution in [0.15, 0.2) is 17.3 Å². The first-order valence-electron chi connectivity index (χ1n) is 15.4. The number of nitrogens with zero attached hydrogens (tertiary/aromatic N) is 1. The molecule has 1 rings (SSSR count). The quantitative estimate of drug-likeness (QED) is 0.0642. The lowest BCUT2D eigenvalue weighted by Gasteiger charge is -2.29. The average Bonchev–Trinajstić information content (AvgIpc) is 3.06. The van der Waals surface area contributed by atoms with Crippen LogP contribution >= 0.6 is 0 Å². The molecule has 0 aromatic heterocycles. The van der Waals surface area contributed by atoms with Crippen molar-refractivity contribution >= 4 is 36.6 Å². The Morgan fingerprint density at radius 2 is 1.59 bits per heavy atom.